The Kier molecular flexibility index (Phi) is 3.87. The number of hydrogen-bond donors (Lipinski definition) is 1. The third kappa shape index (κ3) is 2.58. The molecular formula is C10H13N3OS2. The molecule has 0 radical (unpaired) electrons. The maximum Gasteiger partial charge on any atom is 0.183 e. The Hall–Kier alpha value is -0.980. The number of anilines is 1. The summed E-state index contributed by atoms with van der Waals surface area (Å²) < 4.78 is 5.04. The lowest BCUT2D eigenvalue weighted by Crippen LogP contribution is -1.95. The summed E-state index contributed by atoms with van der Waals surface area (Å²) in [5.41, 5.74) is 1.86. The summed E-state index contributed by atoms with van der Waals surface area (Å²) in [6, 6.07) is 0. The molecular weight excluding hydrogens is 242 g/mol. The van der Waals surface area contributed by atoms with Gasteiger partial charge in [-0.2, -0.15) is 0 Å². The molecule has 16 heavy (non-hydrogen) atoms. The summed E-state index contributed by atoms with van der Waals surface area (Å²) in [6.07, 6.45) is 0. The Balaban J connectivity index is 2.14. The maximum atomic E-state index is 5.04. The monoisotopic (exact) mass is 255 g/mol. The number of rotatable bonds is 5. The first-order valence-electron chi connectivity index (χ1n) is 4.96. The van der Waals surface area contributed by atoms with Gasteiger partial charge in [0.25, 0.3) is 0 Å². The molecule has 0 unspecified atom stereocenters. The highest BCUT2D eigenvalue weighted by molar-refractivity contribution is 7.14. The molecule has 0 aliphatic carbocycles. The van der Waals surface area contributed by atoms with Crippen LogP contribution in [0.1, 0.15) is 11.9 Å². The Morgan fingerprint density at radius 1 is 1.25 bits per heavy atom. The van der Waals surface area contributed by atoms with E-state index in [2.05, 4.69) is 22.2 Å². The molecule has 0 fully saturated rings. The average Bonchev–Trinajstić information content (AvgIpc) is 2.87. The molecule has 0 aliphatic heterocycles. The van der Waals surface area contributed by atoms with E-state index in [4.69, 9.17) is 4.74 Å². The van der Waals surface area contributed by atoms with Crippen molar-refractivity contribution in [2.75, 3.05) is 19.0 Å². The summed E-state index contributed by atoms with van der Waals surface area (Å²) in [5, 5.41) is 9.14. The van der Waals surface area contributed by atoms with Crippen LogP contribution in [-0.2, 0) is 11.3 Å². The highest BCUT2D eigenvalue weighted by atomic mass is 32.1. The van der Waals surface area contributed by atoms with Crippen molar-refractivity contribution in [3.8, 4) is 11.4 Å². The van der Waals surface area contributed by atoms with Crippen molar-refractivity contribution < 1.29 is 4.74 Å². The van der Waals surface area contributed by atoms with Crippen LogP contribution in [-0.4, -0.2) is 23.6 Å². The predicted molar refractivity (Wildman–Crippen MR) is 68.1 cm³/mol. The van der Waals surface area contributed by atoms with Crippen molar-refractivity contribution in [2.24, 2.45) is 0 Å². The van der Waals surface area contributed by atoms with Crippen LogP contribution >= 0.6 is 22.7 Å². The number of nitrogens with one attached hydrogen (secondary N) is 1. The minimum Gasteiger partial charge on any atom is -0.378 e. The molecule has 2 aromatic heterocycles. The molecule has 0 aromatic carbocycles. The van der Waals surface area contributed by atoms with Crippen molar-refractivity contribution in [1.29, 1.82) is 0 Å². The van der Waals surface area contributed by atoms with Gasteiger partial charge in [-0.05, 0) is 6.92 Å². The average molecular weight is 255 g/mol. The largest absolute Gasteiger partial charge is 0.378 e. The number of methoxy groups -OCH3 is 1. The van der Waals surface area contributed by atoms with Crippen LogP contribution in [0.5, 0.6) is 0 Å². The number of aromatic nitrogens is 2. The zero-order valence-electron chi connectivity index (χ0n) is 9.19. The molecule has 0 saturated heterocycles. The van der Waals surface area contributed by atoms with Crippen molar-refractivity contribution in [1.82, 2.24) is 9.97 Å². The molecule has 86 valence electrons. The Morgan fingerprint density at radius 3 is 2.75 bits per heavy atom. The lowest BCUT2D eigenvalue weighted by atomic mass is 10.4. The fourth-order valence-corrected chi connectivity index (χ4v) is 2.78. The van der Waals surface area contributed by atoms with Gasteiger partial charge in [-0.3, -0.25) is 0 Å². The minimum absolute atomic E-state index is 0.564. The van der Waals surface area contributed by atoms with Gasteiger partial charge in [-0.25, -0.2) is 9.97 Å². The van der Waals surface area contributed by atoms with Gasteiger partial charge in [0.1, 0.15) is 16.4 Å². The summed E-state index contributed by atoms with van der Waals surface area (Å²) >= 11 is 3.20. The standard InChI is InChI=1S/C10H13N3OS2/c1-3-11-10-13-8(6-16-10)7-5-15-9(12-7)4-14-2/h5-6H,3-4H2,1-2H3,(H,11,13). The quantitative estimate of drug-likeness (QED) is 0.892. The van der Waals surface area contributed by atoms with Gasteiger partial charge in [-0.15, -0.1) is 22.7 Å². The van der Waals surface area contributed by atoms with Gasteiger partial charge in [0, 0.05) is 24.4 Å². The van der Waals surface area contributed by atoms with Crippen molar-refractivity contribution in [3.63, 3.8) is 0 Å². The molecule has 0 spiro atoms. The molecule has 0 aliphatic rings. The predicted octanol–water partition coefficient (Wildman–Crippen LogP) is 2.84. The zero-order chi connectivity index (χ0) is 11.4. The van der Waals surface area contributed by atoms with Crippen LogP contribution in [0.4, 0.5) is 5.13 Å². The van der Waals surface area contributed by atoms with E-state index in [-0.39, 0.29) is 0 Å². The fourth-order valence-electron chi connectivity index (χ4n) is 1.24. The normalized spacial score (nSPS) is 10.6. The first-order valence-corrected chi connectivity index (χ1v) is 6.72. The highest BCUT2D eigenvalue weighted by Gasteiger charge is 2.08. The molecule has 6 heteroatoms. The summed E-state index contributed by atoms with van der Waals surface area (Å²) in [7, 11) is 1.67. The van der Waals surface area contributed by atoms with E-state index in [1.807, 2.05) is 10.8 Å². The first kappa shape index (κ1) is 11.5. The maximum absolute atomic E-state index is 5.04. The lowest BCUT2D eigenvalue weighted by molar-refractivity contribution is 0.184. The van der Waals surface area contributed by atoms with E-state index in [9.17, 15) is 0 Å². The van der Waals surface area contributed by atoms with Crippen molar-refractivity contribution >= 4 is 27.8 Å². The lowest BCUT2D eigenvalue weighted by Gasteiger charge is -1.93. The summed E-state index contributed by atoms with van der Waals surface area (Å²) in [5.74, 6) is 0. The van der Waals surface area contributed by atoms with Crippen LogP contribution < -0.4 is 5.32 Å². The van der Waals surface area contributed by atoms with E-state index >= 15 is 0 Å². The van der Waals surface area contributed by atoms with Crippen molar-refractivity contribution in [3.05, 3.63) is 15.8 Å². The third-order valence-electron chi connectivity index (χ3n) is 1.91. The molecule has 0 atom stereocenters. The number of thiazole rings is 2. The number of ether oxygens (including phenoxy) is 1. The fraction of sp³-hybridized carbons (Fsp3) is 0.400. The van der Waals surface area contributed by atoms with E-state index in [0.29, 0.717) is 6.61 Å². The van der Waals surface area contributed by atoms with Crippen LogP contribution in [0.2, 0.25) is 0 Å². The van der Waals surface area contributed by atoms with Gasteiger partial charge in [0.15, 0.2) is 5.13 Å². The topological polar surface area (TPSA) is 47.0 Å². The molecule has 2 aromatic rings. The zero-order valence-corrected chi connectivity index (χ0v) is 10.8. The first-order chi connectivity index (χ1) is 7.83. The van der Waals surface area contributed by atoms with Gasteiger partial charge >= 0.3 is 0 Å². The molecule has 4 nitrogen and oxygen atoms in total. The van der Waals surface area contributed by atoms with Gasteiger partial charge in [0.05, 0.1) is 6.61 Å². The number of nitrogens with zero attached hydrogens (tertiary/aromatic N) is 2. The second kappa shape index (κ2) is 5.38. The molecule has 1 N–H and O–H groups in total. The number of hydrogen-bond acceptors (Lipinski definition) is 6. The highest BCUT2D eigenvalue weighted by Crippen LogP contribution is 2.26. The van der Waals surface area contributed by atoms with Gasteiger partial charge in [-0.1, -0.05) is 0 Å². The van der Waals surface area contributed by atoms with E-state index in [1.54, 1.807) is 29.8 Å². The molecule has 0 bridgehead atoms. The Bertz CT molecular complexity index is 410. The second-order valence-corrected chi connectivity index (χ2v) is 4.93. The Morgan fingerprint density at radius 2 is 2.00 bits per heavy atom. The van der Waals surface area contributed by atoms with E-state index in [1.165, 1.54) is 0 Å². The van der Waals surface area contributed by atoms with E-state index < -0.39 is 0 Å². The molecule has 2 heterocycles. The molecule has 0 saturated carbocycles. The summed E-state index contributed by atoms with van der Waals surface area (Å²) in [6.45, 7) is 3.51. The van der Waals surface area contributed by atoms with Crippen LogP contribution in [0.15, 0.2) is 10.8 Å². The van der Waals surface area contributed by atoms with Crippen LogP contribution in [0, 0.1) is 0 Å². The van der Waals surface area contributed by atoms with Crippen LogP contribution in [0.25, 0.3) is 11.4 Å². The smallest absolute Gasteiger partial charge is 0.183 e. The van der Waals surface area contributed by atoms with Crippen molar-refractivity contribution in [2.45, 2.75) is 13.5 Å². The minimum atomic E-state index is 0.564. The molecule has 2 rings (SSSR count). The van der Waals surface area contributed by atoms with E-state index in [0.717, 1.165) is 28.1 Å². The van der Waals surface area contributed by atoms with Gasteiger partial charge < -0.3 is 10.1 Å². The third-order valence-corrected chi connectivity index (χ3v) is 3.54. The SMILES string of the molecule is CCNc1nc(-c2csc(COC)n2)cs1. The van der Waals surface area contributed by atoms with Gasteiger partial charge in [0.2, 0.25) is 0 Å². The summed E-state index contributed by atoms with van der Waals surface area (Å²) in [4.78, 5) is 8.91. The van der Waals surface area contributed by atoms with Crippen LogP contribution in [0.3, 0.4) is 0 Å². The Labute approximate surface area is 102 Å². The second-order valence-electron chi connectivity index (χ2n) is 3.13. The molecule has 0 amide bonds.